The standard InChI is InChI=1S/C21H18IN3O2/c1-3-25-20(24-19-7-5-14(22)10-17(19)21(25)26)9-4-13-12-23-18-8-6-15(27-2)11-16(13)18/h4-12,23H,3H2,1-2H3/b9-4+. The number of hydrogen-bond acceptors (Lipinski definition) is 3. The molecule has 0 spiro atoms. The fraction of sp³-hybridized carbons (Fsp3) is 0.143. The minimum absolute atomic E-state index is 0.0127. The summed E-state index contributed by atoms with van der Waals surface area (Å²) in [4.78, 5) is 20.8. The monoisotopic (exact) mass is 471 g/mol. The highest BCUT2D eigenvalue weighted by Crippen LogP contribution is 2.25. The number of aromatic amines is 1. The Labute approximate surface area is 169 Å². The number of halogens is 1. The van der Waals surface area contributed by atoms with Crippen LogP contribution >= 0.6 is 22.6 Å². The number of methoxy groups -OCH3 is 1. The van der Waals surface area contributed by atoms with Crippen molar-refractivity contribution in [3.8, 4) is 5.75 Å². The Kier molecular flexibility index (Phi) is 4.73. The summed E-state index contributed by atoms with van der Waals surface area (Å²) in [6.07, 6.45) is 5.81. The van der Waals surface area contributed by atoms with Gasteiger partial charge in [-0.15, -0.1) is 0 Å². The minimum atomic E-state index is -0.0127. The number of nitrogens with one attached hydrogen (secondary N) is 1. The molecule has 0 amide bonds. The quantitative estimate of drug-likeness (QED) is 0.440. The van der Waals surface area contributed by atoms with Gasteiger partial charge in [0.05, 0.1) is 18.0 Å². The van der Waals surface area contributed by atoms with Gasteiger partial charge in [0.2, 0.25) is 0 Å². The van der Waals surface area contributed by atoms with Gasteiger partial charge < -0.3 is 9.72 Å². The van der Waals surface area contributed by atoms with Gasteiger partial charge in [-0.25, -0.2) is 4.98 Å². The van der Waals surface area contributed by atoms with Crippen molar-refractivity contribution in [2.24, 2.45) is 0 Å². The second-order valence-corrected chi connectivity index (χ2v) is 7.42. The van der Waals surface area contributed by atoms with Crippen molar-refractivity contribution >= 4 is 56.5 Å². The SMILES string of the molecule is CCn1c(/C=C/c2c[nH]c3ccc(OC)cc23)nc2ccc(I)cc2c1=O. The minimum Gasteiger partial charge on any atom is -0.497 e. The predicted molar refractivity (Wildman–Crippen MR) is 118 cm³/mol. The molecule has 2 heterocycles. The van der Waals surface area contributed by atoms with Crippen molar-refractivity contribution < 1.29 is 4.74 Å². The van der Waals surface area contributed by atoms with E-state index in [1.54, 1.807) is 11.7 Å². The normalized spacial score (nSPS) is 11.7. The second kappa shape index (κ2) is 7.19. The first-order valence-corrected chi connectivity index (χ1v) is 9.72. The first-order valence-electron chi connectivity index (χ1n) is 8.64. The molecule has 4 rings (SSSR count). The third-order valence-electron chi connectivity index (χ3n) is 4.59. The number of rotatable bonds is 4. The number of hydrogen-bond donors (Lipinski definition) is 1. The molecule has 2 aromatic heterocycles. The maximum Gasteiger partial charge on any atom is 0.261 e. The zero-order valence-electron chi connectivity index (χ0n) is 15.0. The Hall–Kier alpha value is -2.61. The number of fused-ring (bicyclic) bond motifs is 2. The Morgan fingerprint density at radius 3 is 2.81 bits per heavy atom. The van der Waals surface area contributed by atoms with Gasteiger partial charge in [0.1, 0.15) is 11.6 Å². The Balaban J connectivity index is 1.83. The van der Waals surface area contributed by atoms with E-state index >= 15 is 0 Å². The predicted octanol–water partition coefficient (Wildman–Crippen LogP) is 4.68. The van der Waals surface area contributed by atoms with E-state index in [1.165, 1.54) is 0 Å². The molecule has 1 N–H and O–H groups in total. The van der Waals surface area contributed by atoms with Crippen LogP contribution in [0.1, 0.15) is 18.3 Å². The molecule has 0 saturated carbocycles. The van der Waals surface area contributed by atoms with Crippen molar-refractivity contribution in [1.82, 2.24) is 14.5 Å². The van der Waals surface area contributed by atoms with Crippen LogP contribution in [-0.4, -0.2) is 21.6 Å². The van der Waals surface area contributed by atoms with E-state index in [0.717, 1.165) is 25.8 Å². The van der Waals surface area contributed by atoms with Gasteiger partial charge in [0.25, 0.3) is 5.56 Å². The van der Waals surface area contributed by atoms with Crippen LogP contribution in [0.2, 0.25) is 0 Å². The van der Waals surface area contributed by atoms with E-state index < -0.39 is 0 Å². The molecule has 5 nitrogen and oxygen atoms in total. The van der Waals surface area contributed by atoms with Crippen LogP contribution in [0.5, 0.6) is 5.75 Å². The van der Waals surface area contributed by atoms with Crippen LogP contribution in [0.15, 0.2) is 47.4 Å². The van der Waals surface area contributed by atoms with Crippen LogP contribution in [0.4, 0.5) is 0 Å². The van der Waals surface area contributed by atoms with Crippen molar-refractivity contribution in [2.75, 3.05) is 7.11 Å². The summed E-state index contributed by atoms with van der Waals surface area (Å²) in [5.41, 5.74) is 2.75. The highest BCUT2D eigenvalue weighted by molar-refractivity contribution is 14.1. The summed E-state index contributed by atoms with van der Waals surface area (Å²) in [6.45, 7) is 2.52. The maximum absolute atomic E-state index is 12.9. The van der Waals surface area contributed by atoms with Crippen molar-refractivity contribution in [2.45, 2.75) is 13.5 Å². The van der Waals surface area contributed by atoms with Gasteiger partial charge in [-0.2, -0.15) is 0 Å². The van der Waals surface area contributed by atoms with E-state index in [1.807, 2.05) is 61.7 Å². The highest BCUT2D eigenvalue weighted by Gasteiger charge is 2.09. The Morgan fingerprint density at radius 1 is 1.19 bits per heavy atom. The number of nitrogens with zero attached hydrogens (tertiary/aromatic N) is 2. The van der Waals surface area contributed by atoms with Crippen molar-refractivity contribution in [3.63, 3.8) is 0 Å². The van der Waals surface area contributed by atoms with Gasteiger partial charge in [0.15, 0.2) is 0 Å². The van der Waals surface area contributed by atoms with E-state index in [-0.39, 0.29) is 5.56 Å². The van der Waals surface area contributed by atoms with Crippen LogP contribution in [-0.2, 0) is 6.54 Å². The summed E-state index contributed by atoms with van der Waals surface area (Å²) in [7, 11) is 1.66. The number of benzene rings is 2. The van der Waals surface area contributed by atoms with Crippen molar-refractivity contribution in [3.05, 3.63) is 67.9 Å². The Bertz CT molecular complexity index is 1240. The third-order valence-corrected chi connectivity index (χ3v) is 5.27. The van der Waals surface area contributed by atoms with Gasteiger partial charge in [-0.3, -0.25) is 9.36 Å². The first kappa shape index (κ1) is 17.8. The van der Waals surface area contributed by atoms with E-state index in [0.29, 0.717) is 23.3 Å². The van der Waals surface area contributed by atoms with E-state index in [2.05, 4.69) is 27.6 Å². The maximum atomic E-state index is 12.9. The average molecular weight is 471 g/mol. The summed E-state index contributed by atoms with van der Waals surface area (Å²) >= 11 is 2.21. The van der Waals surface area contributed by atoms with E-state index in [4.69, 9.17) is 9.72 Å². The third kappa shape index (κ3) is 3.25. The molecule has 0 bridgehead atoms. The van der Waals surface area contributed by atoms with Gasteiger partial charge in [0, 0.05) is 32.8 Å². The van der Waals surface area contributed by atoms with Gasteiger partial charge >= 0.3 is 0 Å². The molecule has 0 atom stereocenters. The fourth-order valence-electron chi connectivity index (χ4n) is 3.19. The molecule has 0 saturated heterocycles. The van der Waals surface area contributed by atoms with Gasteiger partial charge in [-0.05, 0) is 78.1 Å². The lowest BCUT2D eigenvalue weighted by Crippen LogP contribution is -2.23. The second-order valence-electron chi connectivity index (χ2n) is 6.17. The molecule has 0 radical (unpaired) electrons. The van der Waals surface area contributed by atoms with Gasteiger partial charge in [-0.1, -0.05) is 0 Å². The first-order chi connectivity index (χ1) is 13.1. The lowest BCUT2D eigenvalue weighted by molar-refractivity contribution is 0.415. The summed E-state index contributed by atoms with van der Waals surface area (Å²) < 4.78 is 8.05. The molecule has 0 fully saturated rings. The lowest BCUT2D eigenvalue weighted by Gasteiger charge is -2.09. The number of H-pyrrole nitrogens is 1. The topological polar surface area (TPSA) is 59.9 Å². The smallest absolute Gasteiger partial charge is 0.261 e. The molecule has 0 aliphatic rings. The molecule has 136 valence electrons. The molecule has 6 heteroatoms. The van der Waals surface area contributed by atoms with Crippen LogP contribution in [0.25, 0.3) is 34.0 Å². The fourth-order valence-corrected chi connectivity index (χ4v) is 3.68. The van der Waals surface area contributed by atoms with Crippen molar-refractivity contribution in [1.29, 1.82) is 0 Å². The molecule has 0 aliphatic carbocycles. The lowest BCUT2D eigenvalue weighted by atomic mass is 10.1. The molecule has 4 aromatic rings. The Morgan fingerprint density at radius 2 is 2.04 bits per heavy atom. The molecular weight excluding hydrogens is 453 g/mol. The molecule has 0 unspecified atom stereocenters. The molecule has 2 aromatic carbocycles. The van der Waals surface area contributed by atoms with E-state index in [9.17, 15) is 4.79 Å². The molecule has 0 aliphatic heterocycles. The summed E-state index contributed by atoms with van der Waals surface area (Å²) in [5.74, 6) is 1.45. The molecular formula is C21H18IN3O2. The van der Waals surface area contributed by atoms with Crippen LogP contribution in [0.3, 0.4) is 0 Å². The summed E-state index contributed by atoms with van der Waals surface area (Å²) in [5, 5.41) is 1.71. The summed E-state index contributed by atoms with van der Waals surface area (Å²) in [6, 6.07) is 11.7. The average Bonchev–Trinajstić information content (AvgIpc) is 3.09. The van der Waals surface area contributed by atoms with Crippen LogP contribution in [0, 0.1) is 3.57 Å². The highest BCUT2D eigenvalue weighted by atomic mass is 127. The zero-order valence-corrected chi connectivity index (χ0v) is 17.1. The number of ether oxygens (including phenoxy) is 1. The number of aromatic nitrogens is 3. The zero-order chi connectivity index (χ0) is 19.0. The largest absolute Gasteiger partial charge is 0.497 e. The molecule has 27 heavy (non-hydrogen) atoms. The van der Waals surface area contributed by atoms with Crippen LogP contribution < -0.4 is 10.3 Å².